The van der Waals surface area contributed by atoms with Crippen LogP contribution in [0.15, 0.2) is 0 Å². The van der Waals surface area contributed by atoms with E-state index in [4.69, 9.17) is 10.6 Å². The molecule has 0 radical (unpaired) electrons. The number of ether oxygens (including phenoxy) is 1. The van der Waals surface area contributed by atoms with Crippen LogP contribution < -0.4 is 16.8 Å². The summed E-state index contributed by atoms with van der Waals surface area (Å²) >= 11 is 0. The van der Waals surface area contributed by atoms with E-state index >= 15 is 0 Å². The molecule has 0 spiro atoms. The smallest absolute Gasteiger partial charge is 0.0841 e. The van der Waals surface area contributed by atoms with E-state index in [1.807, 2.05) is 0 Å². The third-order valence-electron chi connectivity index (χ3n) is 3.17. The highest BCUT2D eigenvalue weighted by Crippen LogP contribution is 2.31. The van der Waals surface area contributed by atoms with E-state index in [1.165, 1.54) is 44.9 Å². The third kappa shape index (κ3) is 6.43. The molecule has 0 aromatic rings. The normalized spacial score (nSPS) is 23.6. The van der Waals surface area contributed by atoms with Crippen LogP contribution in [0.5, 0.6) is 0 Å². The molecule has 4 heteroatoms. The Labute approximate surface area is 99.2 Å². The quantitative estimate of drug-likeness (QED) is 0.219. The summed E-state index contributed by atoms with van der Waals surface area (Å²) in [6, 6.07) is 0. The first-order chi connectivity index (χ1) is 7.88. The molecule has 2 unspecified atom stereocenters. The molecule has 96 valence electrons. The number of unbranched alkanes of at least 4 members (excludes halogenated alkanes) is 4. The van der Waals surface area contributed by atoms with Gasteiger partial charge in [0, 0.05) is 6.54 Å². The van der Waals surface area contributed by atoms with Gasteiger partial charge in [0.25, 0.3) is 0 Å². The van der Waals surface area contributed by atoms with Gasteiger partial charge in [-0.2, -0.15) is 5.53 Å². The zero-order valence-corrected chi connectivity index (χ0v) is 10.5. The highest BCUT2D eigenvalue weighted by atomic mass is 16.6. The molecule has 1 aliphatic rings. The van der Waals surface area contributed by atoms with Gasteiger partial charge in [-0.3, -0.25) is 5.84 Å². The third-order valence-corrected chi connectivity index (χ3v) is 3.17. The van der Waals surface area contributed by atoms with Gasteiger partial charge in [0.05, 0.1) is 12.2 Å². The van der Waals surface area contributed by atoms with E-state index in [1.54, 1.807) is 0 Å². The molecule has 0 saturated carbocycles. The lowest BCUT2D eigenvalue weighted by atomic mass is 10.1. The molecule has 4 N–H and O–H groups in total. The molecule has 0 amide bonds. The van der Waals surface area contributed by atoms with Crippen LogP contribution >= 0.6 is 0 Å². The Bertz CT molecular complexity index is 166. The molecular formula is C12H27N3O. The largest absolute Gasteiger partial charge is 0.370 e. The number of nitrogens with two attached hydrogens (primary N) is 1. The summed E-state index contributed by atoms with van der Waals surface area (Å²) in [5, 5.41) is 0. The molecule has 4 nitrogen and oxygen atoms in total. The van der Waals surface area contributed by atoms with Gasteiger partial charge in [-0.25, -0.2) is 5.43 Å². The SMILES string of the molecule is CCCCCCC1OC1CCCCNNN. The maximum absolute atomic E-state index is 5.64. The predicted molar refractivity (Wildman–Crippen MR) is 66.6 cm³/mol. The van der Waals surface area contributed by atoms with Gasteiger partial charge in [0.1, 0.15) is 0 Å². The second kappa shape index (κ2) is 8.93. The lowest BCUT2D eigenvalue weighted by Crippen LogP contribution is -2.38. The van der Waals surface area contributed by atoms with Crippen molar-refractivity contribution in [3.8, 4) is 0 Å². The van der Waals surface area contributed by atoms with Crippen molar-refractivity contribution in [2.24, 2.45) is 5.84 Å². The van der Waals surface area contributed by atoms with Crippen LogP contribution in [0, 0.1) is 0 Å². The van der Waals surface area contributed by atoms with E-state index in [2.05, 4.69) is 17.9 Å². The Hall–Kier alpha value is -0.160. The molecule has 2 atom stereocenters. The van der Waals surface area contributed by atoms with Gasteiger partial charge in [0.15, 0.2) is 0 Å². The molecule has 0 aromatic carbocycles. The van der Waals surface area contributed by atoms with Crippen LogP contribution in [0.2, 0.25) is 0 Å². The average molecular weight is 229 g/mol. The highest BCUT2D eigenvalue weighted by molar-refractivity contribution is 4.84. The van der Waals surface area contributed by atoms with E-state index < -0.39 is 0 Å². The van der Waals surface area contributed by atoms with Gasteiger partial charge in [0.2, 0.25) is 0 Å². The van der Waals surface area contributed by atoms with Crippen molar-refractivity contribution in [3.63, 3.8) is 0 Å². The van der Waals surface area contributed by atoms with Gasteiger partial charge in [-0.1, -0.05) is 32.6 Å². The van der Waals surface area contributed by atoms with Crippen molar-refractivity contribution in [1.29, 1.82) is 0 Å². The second-order valence-corrected chi connectivity index (χ2v) is 4.63. The average Bonchev–Trinajstić information content (AvgIpc) is 3.03. The van der Waals surface area contributed by atoms with Crippen molar-refractivity contribution in [2.75, 3.05) is 6.54 Å². The summed E-state index contributed by atoms with van der Waals surface area (Å²) in [7, 11) is 0. The van der Waals surface area contributed by atoms with E-state index in [0.717, 1.165) is 13.0 Å². The number of hydrazine groups is 2. The van der Waals surface area contributed by atoms with Gasteiger partial charge in [-0.05, 0) is 25.7 Å². The monoisotopic (exact) mass is 229 g/mol. The number of hydrogen-bond acceptors (Lipinski definition) is 4. The Morgan fingerprint density at radius 2 is 1.69 bits per heavy atom. The van der Waals surface area contributed by atoms with Crippen molar-refractivity contribution >= 4 is 0 Å². The Balaban J connectivity index is 1.79. The molecular weight excluding hydrogens is 202 g/mol. The van der Waals surface area contributed by atoms with Crippen LogP contribution in [0.1, 0.15) is 58.3 Å². The van der Waals surface area contributed by atoms with Gasteiger partial charge < -0.3 is 4.74 Å². The molecule has 0 bridgehead atoms. The summed E-state index contributed by atoms with van der Waals surface area (Å²) in [4.78, 5) is 0. The second-order valence-electron chi connectivity index (χ2n) is 4.63. The van der Waals surface area contributed by atoms with Crippen LogP contribution in [0.3, 0.4) is 0 Å². The number of nitrogens with one attached hydrogen (secondary N) is 2. The van der Waals surface area contributed by atoms with E-state index in [0.29, 0.717) is 12.2 Å². The minimum absolute atomic E-state index is 0.562. The molecule has 1 rings (SSSR count). The molecule has 1 aliphatic heterocycles. The fourth-order valence-electron chi connectivity index (χ4n) is 2.09. The highest BCUT2D eigenvalue weighted by Gasteiger charge is 2.36. The van der Waals surface area contributed by atoms with E-state index in [-0.39, 0.29) is 0 Å². The number of hydrogen-bond donors (Lipinski definition) is 3. The van der Waals surface area contributed by atoms with Crippen molar-refractivity contribution in [1.82, 2.24) is 11.0 Å². The molecule has 16 heavy (non-hydrogen) atoms. The molecule has 1 fully saturated rings. The minimum atomic E-state index is 0.562. The molecule has 0 aliphatic carbocycles. The summed E-state index contributed by atoms with van der Waals surface area (Å²) in [5.74, 6) is 5.10. The van der Waals surface area contributed by atoms with Crippen LogP contribution in [-0.2, 0) is 4.74 Å². The zero-order valence-electron chi connectivity index (χ0n) is 10.5. The Morgan fingerprint density at radius 3 is 2.31 bits per heavy atom. The standard InChI is InChI=1S/C12H27N3O/c1-2-3-4-5-8-11-12(16-11)9-6-7-10-14-15-13/h11-12,14-15H,2-10,13H2,1H3. The van der Waals surface area contributed by atoms with Crippen LogP contribution in [0.25, 0.3) is 0 Å². The number of epoxide rings is 1. The van der Waals surface area contributed by atoms with Crippen molar-refractivity contribution < 1.29 is 4.74 Å². The van der Waals surface area contributed by atoms with E-state index in [9.17, 15) is 0 Å². The summed E-state index contributed by atoms with van der Waals surface area (Å²) in [6.45, 7) is 3.19. The first kappa shape index (κ1) is 13.9. The van der Waals surface area contributed by atoms with Gasteiger partial charge >= 0.3 is 0 Å². The molecule has 0 aromatic heterocycles. The zero-order chi connectivity index (χ0) is 11.6. The van der Waals surface area contributed by atoms with Crippen LogP contribution in [-0.4, -0.2) is 18.8 Å². The fraction of sp³-hybridized carbons (Fsp3) is 1.00. The van der Waals surface area contributed by atoms with Crippen molar-refractivity contribution in [2.45, 2.75) is 70.5 Å². The topological polar surface area (TPSA) is 62.6 Å². The fourth-order valence-corrected chi connectivity index (χ4v) is 2.09. The lowest BCUT2D eigenvalue weighted by molar-refractivity contribution is 0.347. The first-order valence-electron chi connectivity index (χ1n) is 6.72. The van der Waals surface area contributed by atoms with Gasteiger partial charge in [-0.15, -0.1) is 0 Å². The van der Waals surface area contributed by atoms with Crippen molar-refractivity contribution in [3.05, 3.63) is 0 Å². The van der Waals surface area contributed by atoms with Crippen LogP contribution in [0.4, 0.5) is 0 Å². The summed E-state index contributed by atoms with van der Waals surface area (Å²) in [5.41, 5.74) is 5.33. The molecule has 1 heterocycles. The maximum atomic E-state index is 5.64. The molecule has 1 saturated heterocycles. The summed E-state index contributed by atoms with van der Waals surface area (Å²) < 4.78 is 5.64. The summed E-state index contributed by atoms with van der Waals surface area (Å²) in [6.07, 6.45) is 11.4. The minimum Gasteiger partial charge on any atom is -0.370 e. The maximum Gasteiger partial charge on any atom is 0.0841 e. The lowest BCUT2D eigenvalue weighted by Gasteiger charge is -2.00. The predicted octanol–water partition coefficient (Wildman–Crippen LogP) is 1.86. The number of rotatable bonds is 11. The first-order valence-corrected chi connectivity index (χ1v) is 6.72. The Kier molecular flexibility index (Phi) is 7.76. The Morgan fingerprint density at radius 1 is 1.00 bits per heavy atom.